The molecule has 5 aliphatic heterocycles. The molecule has 0 aromatic rings. The highest BCUT2D eigenvalue weighted by atomic mass is 127. The second-order valence-corrected chi connectivity index (χ2v) is 19.5. The maximum Gasteiger partial charge on any atom is 0.303 e. The summed E-state index contributed by atoms with van der Waals surface area (Å²) >= 11 is 1.87. The van der Waals surface area contributed by atoms with Crippen LogP contribution in [0, 0.1) is 41.4 Å². The van der Waals surface area contributed by atoms with Crippen LogP contribution < -0.4 is 0 Å². The van der Waals surface area contributed by atoms with Crippen LogP contribution in [0.2, 0.25) is 0 Å². The number of aliphatic hydroxyl groups is 2. The summed E-state index contributed by atoms with van der Waals surface area (Å²) < 4.78 is 40.1. The molecular weight excluding hydrogens is 831 g/mol. The molecule has 0 unspecified atom stereocenters. The van der Waals surface area contributed by atoms with Gasteiger partial charge in [-0.2, -0.15) is 0 Å². The lowest BCUT2D eigenvalue weighted by Crippen LogP contribution is -2.63. The molecule has 0 radical (unpaired) electrons. The zero-order chi connectivity index (χ0) is 41.5. The molecule has 2 N–H and O–H groups in total. The molecule has 56 heavy (non-hydrogen) atoms. The van der Waals surface area contributed by atoms with E-state index < -0.39 is 58.9 Å². The Bertz CT molecular complexity index is 1440. The van der Waals surface area contributed by atoms with E-state index in [2.05, 4.69) is 20.8 Å². The zero-order valence-corrected chi connectivity index (χ0v) is 37.9. The van der Waals surface area contributed by atoms with Gasteiger partial charge in [-0.3, -0.25) is 14.4 Å². The van der Waals surface area contributed by atoms with Crippen molar-refractivity contribution in [3.63, 3.8) is 0 Å². The molecule has 18 atom stereocenters. The molecule has 5 rings (SSSR count). The monoisotopic (exact) mass is 902 g/mol. The van der Waals surface area contributed by atoms with Crippen molar-refractivity contribution in [3.8, 4) is 0 Å². The van der Waals surface area contributed by atoms with E-state index in [9.17, 15) is 24.6 Å². The van der Waals surface area contributed by atoms with Gasteiger partial charge in [0.15, 0.2) is 15.7 Å². The van der Waals surface area contributed by atoms with Gasteiger partial charge in [-0.1, -0.05) is 55.4 Å². The molecule has 320 valence electrons. The lowest BCUT2D eigenvalue weighted by atomic mass is 9.72. The lowest BCUT2D eigenvalue weighted by molar-refractivity contribution is -0.409. The smallest absolute Gasteiger partial charge is 0.303 e. The predicted octanol–water partition coefficient (Wildman–Crippen LogP) is 7.64. The van der Waals surface area contributed by atoms with Crippen LogP contribution in [-0.4, -0.2) is 91.3 Å². The molecule has 0 aromatic carbocycles. The molecule has 0 amide bonds. The van der Waals surface area contributed by atoms with Crippen LogP contribution in [0.4, 0.5) is 0 Å². The van der Waals surface area contributed by atoms with Crippen LogP contribution in [0.3, 0.4) is 0 Å². The third-order valence-electron chi connectivity index (χ3n) is 14.7. The number of carbonyl (C=O) groups is 3. The predicted molar refractivity (Wildman–Crippen MR) is 220 cm³/mol. The lowest BCUT2D eigenvalue weighted by Gasteiger charge is -2.54. The van der Waals surface area contributed by atoms with Crippen LogP contribution in [0.25, 0.3) is 0 Å². The Labute approximate surface area is 349 Å². The van der Waals surface area contributed by atoms with Crippen molar-refractivity contribution in [2.24, 2.45) is 41.4 Å². The summed E-state index contributed by atoms with van der Waals surface area (Å²) in [6.45, 7) is 21.3. The first-order valence-corrected chi connectivity index (χ1v) is 22.7. The molecule has 5 aliphatic rings. The van der Waals surface area contributed by atoms with Gasteiger partial charge in [0.1, 0.15) is 5.78 Å². The largest absolute Gasteiger partial charge is 0.453 e. The number of hydrogen-bond donors (Lipinski definition) is 2. The van der Waals surface area contributed by atoms with E-state index in [1.54, 1.807) is 0 Å². The number of carbonyl (C=O) groups excluding carboxylic acids is 3. The number of aliphatic hydroxyl groups excluding tert-OH is 1. The second kappa shape index (κ2) is 17.9. The topological polar surface area (TPSA) is 147 Å². The van der Waals surface area contributed by atoms with Gasteiger partial charge in [0.2, 0.25) is 5.79 Å². The molecular formula is C44H71IO11. The summed E-state index contributed by atoms with van der Waals surface area (Å²) in [7, 11) is 0. The maximum absolute atomic E-state index is 14.6. The average Bonchev–Trinajstić information content (AvgIpc) is 3.49. The highest BCUT2D eigenvalue weighted by molar-refractivity contribution is 14.1. The molecule has 11 nitrogen and oxygen atoms in total. The third-order valence-corrected chi connectivity index (χ3v) is 15.5. The van der Waals surface area contributed by atoms with E-state index in [1.807, 2.05) is 83.2 Å². The van der Waals surface area contributed by atoms with Gasteiger partial charge in [0.05, 0.1) is 53.7 Å². The summed E-state index contributed by atoms with van der Waals surface area (Å²) in [5.41, 5.74) is -1.68. The fourth-order valence-electron chi connectivity index (χ4n) is 10.8. The zero-order valence-electron chi connectivity index (χ0n) is 35.8. The Hall–Kier alpha value is -1.00. The van der Waals surface area contributed by atoms with Crippen LogP contribution in [0.5, 0.6) is 0 Å². The van der Waals surface area contributed by atoms with E-state index in [4.69, 9.17) is 28.4 Å². The second-order valence-electron chi connectivity index (χ2n) is 18.5. The number of ether oxygens (including phenoxy) is 6. The normalized spacial score (nSPS) is 44.2. The molecule has 0 bridgehead atoms. The highest BCUT2D eigenvalue weighted by Gasteiger charge is 2.64. The fraction of sp³-hybridized carbons (Fsp3) is 0.886. The molecule has 12 heteroatoms. The summed E-state index contributed by atoms with van der Waals surface area (Å²) in [6, 6.07) is 0. The number of esters is 1. The number of ketones is 1. The summed E-state index contributed by atoms with van der Waals surface area (Å²) in [5.74, 6) is -4.81. The number of hydrogen-bond acceptors (Lipinski definition) is 11. The Morgan fingerprint density at radius 1 is 0.911 bits per heavy atom. The van der Waals surface area contributed by atoms with Crippen molar-refractivity contribution in [1.29, 1.82) is 0 Å². The minimum atomic E-state index is -1.36. The van der Waals surface area contributed by atoms with E-state index in [0.717, 1.165) is 12.8 Å². The van der Waals surface area contributed by atoms with Crippen molar-refractivity contribution in [2.45, 2.75) is 206 Å². The van der Waals surface area contributed by atoms with Crippen LogP contribution in [0.15, 0.2) is 12.2 Å². The summed E-state index contributed by atoms with van der Waals surface area (Å²) in [6.07, 6.45) is 6.60. The Kier molecular flexibility index (Phi) is 14.7. The van der Waals surface area contributed by atoms with Gasteiger partial charge in [0.25, 0.3) is 0 Å². The molecule has 0 aromatic heterocycles. The summed E-state index contributed by atoms with van der Waals surface area (Å²) in [4.78, 5) is 39.4. The van der Waals surface area contributed by atoms with Gasteiger partial charge in [-0.15, -0.1) is 0 Å². The standard InChI is InChI=1S/C44H71IO11/c1-12-31(40(45)49)33-16-15-24(4)38(53-33)28(8)36(47)27(7)37(48)32(13-2)39-25(5)23-26(6)43(54-39)20-18-35(52-30(10)46)44(56-43)22-21-41(11,55-44)34-17-19-42(50,14-3)29(9)51-34/h18,20,24-29,31-36,38-39,47,50H,12-17,19,21-23H2,1-11H3/t24-,25-,26+,27-,28-,29-,31+,32-,33+,34+,35+,36+,38+,39-,41-,42+,43-,44-/m0/s1. The first-order chi connectivity index (χ1) is 26.2. The van der Waals surface area contributed by atoms with Gasteiger partial charge < -0.3 is 38.6 Å². The van der Waals surface area contributed by atoms with Gasteiger partial charge in [-0.05, 0) is 118 Å². The van der Waals surface area contributed by atoms with Crippen molar-refractivity contribution < 1.29 is 53.0 Å². The Morgan fingerprint density at radius 3 is 2.18 bits per heavy atom. The summed E-state index contributed by atoms with van der Waals surface area (Å²) in [5, 5.41) is 22.9. The SMILES string of the molecule is CC[C@@H](C(=O)[C@@H](C)[C@@H](O)[C@H](C)[C@@H]1O[C@@H]([C@@H](CC)C(=O)I)CC[C@@H]1C)[C@H]1O[C@]2(C=C[C@@H](OC(C)=O)[C@]3(CC[C@@](C)([C@H]4CC[C@](O)(CC)[C@H](C)O4)O3)O2)[C@H](C)C[C@@H]1C. The van der Waals surface area contributed by atoms with Gasteiger partial charge in [-0.25, -0.2) is 0 Å². The fourth-order valence-corrected chi connectivity index (χ4v) is 11.6. The maximum atomic E-state index is 14.6. The van der Waals surface area contributed by atoms with E-state index >= 15 is 0 Å². The average molecular weight is 903 g/mol. The first-order valence-electron chi connectivity index (χ1n) is 21.6. The molecule has 2 spiro atoms. The van der Waals surface area contributed by atoms with E-state index in [-0.39, 0.29) is 63.6 Å². The highest BCUT2D eigenvalue weighted by Crippen LogP contribution is 2.54. The molecule has 4 saturated heterocycles. The van der Waals surface area contributed by atoms with Crippen molar-refractivity contribution in [2.75, 3.05) is 0 Å². The quantitative estimate of drug-likeness (QED) is 0.0814. The van der Waals surface area contributed by atoms with Crippen molar-refractivity contribution in [3.05, 3.63) is 12.2 Å². The molecule has 4 fully saturated rings. The Morgan fingerprint density at radius 2 is 1.59 bits per heavy atom. The first kappa shape index (κ1) is 46.1. The van der Waals surface area contributed by atoms with Crippen LogP contribution in [0.1, 0.15) is 140 Å². The Balaban J connectivity index is 1.36. The minimum Gasteiger partial charge on any atom is -0.453 e. The van der Waals surface area contributed by atoms with E-state index in [1.165, 1.54) is 6.92 Å². The number of halogens is 1. The van der Waals surface area contributed by atoms with Gasteiger partial charge >= 0.3 is 5.97 Å². The molecule has 5 heterocycles. The van der Waals surface area contributed by atoms with Crippen molar-refractivity contribution in [1.82, 2.24) is 0 Å². The van der Waals surface area contributed by atoms with Crippen molar-refractivity contribution >= 4 is 38.1 Å². The van der Waals surface area contributed by atoms with Gasteiger partial charge in [0, 0.05) is 37.0 Å². The third kappa shape index (κ3) is 8.89. The van der Waals surface area contributed by atoms with E-state index in [0.29, 0.717) is 51.4 Å². The van der Waals surface area contributed by atoms with Crippen LogP contribution in [-0.2, 0) is 42.8 Å². The molecule has 0 aliphatic carbocycles. The number of Topliss-reactive ketones (excluding diaryl/α,β-unsaturated/α-hetero) is 1. The number of rotatable bonds is 13. The molecule has 0 saturated carbocycles. The van der Waals surface area contributed by atoms with Crippen LogP contribution >= 0.6 is 22.6 Å². The minimum absolute atomic E-state index is 0.00823.